The molecular weight excluding hydrogens is 415 g/mol. The van der Waals surface area contributed by atoms with Gasteiger partial charge in [0, 0.05) is 19.6 Å². The normalized spacial score (nSPS) is 17.1. The number of thiocarbonyl (C=S) groups is 1. The number of carbonyl (C=O) groups is 1. The Morgan fingerprint density at radius 2 is 1.83 bits per heavy atom. The molecule has 3 rings (SSSR count). The van der Waals surface area contributed by atoms with Crippen molar-refractivity contribution >= 4 is 33.4 Å². The highest BCUT2D eigenvalue weighted by Crippen LogP contribution is 2.19. The maximum Gasteiger partial charge on any atom is 0.350 e. The molecule has 1 aromatic rings. The molecule has 1 saturated heterocycles. The smallest absolute Gasteiger partial charge is 0.350 e. The Balaban J connectivity index is 1.56. The van der Waals surface area contributed by atoms with Crippen LogP contribution < -0.4 is 10.0 Å². The Morgan fingerprint density at radius 1 is 1.10 bits per heavy atom. The van der Waals surface area contributed by atoms with Gasteiger partial charge < -0.3 is 5.32 Å². The predicted octanol–water partition coefficient (Wildman–Crippen LogP) is 2.91. The number of nitrogens with zero attached hydrogens (tertiary/aromatic N) is 2. The number of amides is 2. The Labute approximate surface area is 176 Å². The average molecular weight is 441 g/mol. The molecule has 2 aliphatic rings. The molecule has 1 aliphatic carbocycles. The summed E-state index contributed by atoms with van der Waals surface area (Å²) in [6.45, 7) is 1.56. The third-order valence-corrected chi connectivity index (χ3v) is 6.64. The highest BCUT2D eigenvalue weighted by molar-refractivity contribution is 7.90. The fourth-order valence-electron chi connectivity index (χ4n) is 3.43. The minimum atomic E-state index is -4.10. The molecule has 0 spiro atoms. The summed E-state index contributed by atoms with van der Waals surface area (Å²) in [5.74, 6) is -0.554. The lowest BCUT2D eigenvalue weighted by Gasteiger charge is -2.30. The second-order valence-electron chi connectivity index (χ2n) is 7.05. The number of hydrogen-bond donors (Lipinski definition) is 2. The van der Waals surface area contributed by atoms with Crippen molar-refractivity contribution < 1.29 is 17.6 Å². The van der Waals surface area contributed by atoms with Crippen molar-refractivity contribution in [3.8, 4) is 0 Å². The van der Waals surface area contributed by atoms with Crippen LogP contribution in [0.2, 0.25) is 0 Å². The molecule has 10 heteroatoms. The Bertz CT molecular complexity index is 887. The van der Waals surface area contributed by atoms with Gasteiger partial charge in [0.25, 0.3) is 10.0 Å². The topological polar surface area (TPSA) is 81.8 Å². The summed E-state index contributed by atoms with van der Waals surface area (Å²) >= 11 is 5.41. The molecule has 0 aromatic heterocycles. The van der Waals surface area contributed by atoms with E-state index in [2.05, 4.69) is 11.4 Å². The highest BCUT2D eigenvalue weighted by atomic mass is 32.2. The van der Waals surface area contributed by atoms with Crippen molar-refractivity contribution in [3.05, 3.63) is 41.7 Å². The van der Waals surface area contributed by atoms with Crippen LogP contribution >= 0.6 is 12.2 Å². The minimum Gasteiger partial charge on any atom is -0.361 e. The molecule has 0 radical (unpaired) electrons. The monoisotopic (exact) mass is 440 g/mol. The van der Waals surface area contributed by atoms with E-state index in [9.17, 15) is 17.6 Å². The molecule has 0 bridgehead atoms. The third-order valence-electron chi connectivity index (χ3n) is 4.95. The zero-order valence-electron chi connectivity index (χ0n) is 16.1. The second-order valence-corrected chi connectivity index (χ2v) is 9.12. The summed E-state index contributed by atoms with van der Waals surface area (Å²) in [5.41, 5.74) is 1.42. The van der Waals surface area contributed by atoms with Gasteiger partial charge in [-0.2, -0.15) is 0 Å². The van der Waals surface area contributed by atoms with Crippen LogP contribution in [0.3, 0.4) is 0 Å². The number of halogens is 1. The lowest BCUT2D eigenvalue weighted by Crippen LogP contribution is -2.53. The van der Waals surface area contributed by atoms with E-state index in [-0.39, 0.29) is 4.90 Å². The first-order valence-electron chi connectivity index (χ1n) is 9.70. The van der Waals surface area contributed by atoms with Gasteiger partial charge in [0.05, 0.1) is 4.90 Å². The summed E-state index contributed by atoms with van der Waals surface area (Å²) in [6.07, 6.45) is 8.57. The zero-order chi connectivity index (χ0) is 20.9. The molecule has 158 valence electrons. The number of benzene rings is 1. The van der Waals surface area contributed by atoms with Crippen LogP contribution in [0.15, 0.2) is 40.8 Å². The van der Waals surface area contributed by atoms with Crippen LogP contribution in [0.1, 0.15) is 38.5 Å². The number of hydrogen-bond acceptors (Lipinski definition) is 4. The third kappa shape index (κ3) is 5.66. The number of sulfonamides is 1. The van der Waals surface area contributed by atoms with Gasteiger partial charge in [0.1, 0.15) is 5.82 Å². The van der Waals surface area contributed by atoms with Gasteiger partial charge in [-0.05, 0) is 75.0 Å². The number of allylic oxidation sites excluding steroid dienone is 1. The van der Waals surface area contributed by atoms with Crippen molar-refractivity contribution in [3.63, 3.8) is 0 Å². The van der Waals surface area contributed by atoms with E-state index in [1.165, 1.54) is 23.4 Å². The van der Waals surface area contributed by atoms with E-state index in [1.54, 1.807) is 5.01 Å². The van der Waals surface area contributed by atoms with Crippen LogP contribution in [-0.2, 0) is 10.0 Å². The fraction of sp³-hybridized carbons (Fsp3) is 0.474. The molecule has 29 heavy (non-hydrogen) atoms. The molecule has 1 aliphatic heterocycles. The molecule has 1 aromatic carbocycles. The SMILES string of the molecule is O=C(NS(=O)(=O)c1ccc(F)cc1)N1CCCN1C(=S)NCCC1=CCCCC1. The van der Waals surface area contributed by atoms with E-state index in [0.29, 0.717) is 31.2 Å². The largest absolute Gasteiger partial charge is 0.361 e. The van der Waals surface area contributed by atoms with Gasteiger partial charge in [-0.25, -0.2) is 27.3 Å². The fourth-order valence-corrected chi connectivity index (χ4v) is 4.67. The van der Waals surface area contributed by atoms with E-state index >= 15 is 0 Å². The maximum atomic E-state index is 13.0. The zero-order valence-corrected chi connectivity index (χ0v) is 17.7. The van der Waals surface area contributed by atoms with Crippen LogP contribution in [-0.4, -0.2) is 49.2 Å². The Morgan fingerprint density at radius 3 is 2.52 bits per heavy atom. The predicted molar refractivity (Wildman–Crippen MR) is 112 cm³/mol. The first kappa shape index (κ1) is 21.5. The molecular formula is C19H25FN4O3S2. The summed E-state index contributed by atoms with van der Waals surface area (Å²) in [4.78, 5) is 12.4. The quantitative estimate of drug-likeness (QED) is 0.541. The van der Waals surface area contributed by atoms with Crippen molar-refractivity contribution in [1.29, 1.82) is 0 Å². The van der Waals surface area contributed by atoms with Crippen molar-refractivity contribution in [2.75, 3.05) is 19.6 Å². The number of urea groups is 1. The van der Waals surface area contributed by atoms with E-state index in [0.717, 1.165) is 43.5 Å². The molecule has 2 amide bonds. The van der Waals surface area contributed by atoms with Gasteiger partial charge >= 0.3 is 6.03 Å². The first-order chi connectivity index (χ1) is 13.9. The number of nitrogens with one attached hydrogen (secondary N) is 2. The van der Waals surface area contributed by atoms with Crippen molar-refractivity contribution in [2.45, 2.75) is 43.4 Å². The Hall–Kier alpha value is -2.20. The lowest BCUT2D eigenvalue weighted by molar-refractivity contribution is 0.129. The summed E-state index contributed by atoms with van der Waals surface area (Å²) in [7, 11) is -4.10. The molecule has 1 fully saturated rings. The minimum absolute atomic E-state index is 0.181. The van der Waals surface area contributed by atoms with Crippen LogP contribution in [0, 0.1) is 5.82 Å². The number of hydrazine groups is 1. The van der Waals surface area contributed by atoms with Crippen molar-refractivity contribution in [2.24, 2.45) is 0 Å². The van der Waals surface area contributed by atoms with Crippen LogP contribution in [0.4, 0.5) is 9.18 Å². The van der Waals surface area contributed by atoms with E-state index in [4.69, 9.17) is 12.2 Å². The summed E-state index contributed by atoms with van der Waals surface area (Å²) < 4.78 is 39.8. The van der Waals surface area contributed by atoms with Crippen LogP contribution in [0.5, 0.6) is 0 Å². The number of carbonyl (C=O) groups excluding carboxylic acids is 1. The average Bonchev–Trinajstić information content (AvgIpc) is 3.19. The molecule has 0 saturated carbocycles. The standard InChI is InChI=1S/C19H25FN4O3S2/c20-16-7-9-17(10-8-16)29(26,27)22-18(25)23-13-4-14-24(23)19(28)21-12-11-15-5-2-1-3-6-15/h5,7-10H,1-4,6,11-14H2,(H,21,28)(H,22,25). The molecule has 2 N–H and O–H groups in total. The van der Waals surface area contributed by atoms with Crippen LogP contribution in [0.25, 0.3) is 0 Å². The van der Waals surface area contributed by atoms with Gasteiger partial charge in [-0.3, -0.25) is 5.01 Å². The molecule has 7 nitrogen and oxygen atoms in total. The second kappa shape index (κ2) is 9.53. The van der Waals surface area contributed by atoms with Gasteiger partial charge in [-0.15, -0.1) is 0 Å². The maximum absolute atomic E-state index is 13.0. The lowest BCUT2D eigenvalue weighted by atomic mass is 9.97. The molecule has 0 unspecified atom stereocenters. The highest BCUT2D eigenvalue weighted by Gasteiger charge is 2.31. The first-order valence-corrected chi connectivity index (χ1v) is 11.6. The summed E-state index contributed by atoms with van der Waals surface area (Å²) in [5, 5.41) is 6.43. The van der Waals surface area contributed by atoms with Gasteiger partial charge in [0.15, 0.2) is 5.11 Å². The van der Waals surface area contributed by atoms with Gasteiger partial charge in [0.2, 0.25) is 0 Å². The molecule has 0 atom stereocenters. The van der Waals surface area contributed by atoms with Gasteiger partial charge in [-0.1, -0.05) is 11.6 Å². The molecule has 1 heterocycles. The van der Waals surface area contributed by atoms with E-state index in [1.807, 2.05) is 4.72 Å². The number of rotatable bonds is 5. The summed E-state index contributed by atoms with van der Waals surface area (Å²) in [6, 6.07) is 3.49. The van der Waals surface area contributed by atoms with E-state index < -0.39 is 21.9 Å². The van der Waals surface area contributed by atoms with Crippen molar-refractivity contribution in [1.82, 2.24) is 20.1 Å². The Kier molecular flexibility index (Phi) is 7.07.